The maximum absolute atomic E-state index is 12.9. The van der Waals surface area contributed by atoms with E-state index in [0.29, 0.717) is 15.2 Å². The summed E-state index contributed by atoms with van der Waals surface area (Å²) >= 11 is 14.8. The topological polar surface area (TPSA) is 22.1 Å². The van der Waals surface area contributed by atoms with Gasteiger partial charge in [0, 0.05) is 6.20 Å². The zero-order chi connectivity index (χ0) is 12.4. The van der Waals surface area contributed by atoms with Crippen molar-refractivity contribution in [3.8, 4) is 11.6 Å². The van der Waals surface area contributed by atoms with Crippen LogP contribution in [0, 0.1) is 5.82 Å². The summed E-state index contributed by atoms with van der Waals surface area (Å²) in [5.41, 5.74) is 0. The van der Waals surface area contributed by atoms with Gasteiger partial charge in [0.15, 0.2) is 0 Å². The van der Waals surface area contributed by atoms with E-state index in [-0.39, 0.29) is 16.7 Å². The summed E-state index contributed by atoms with van der Waals surface area (Å²) in [7, 11) is 0. The lowest BCUT2D eigenvalue weighted by atomic mass is 10.3. The Hall–Kier alpha value is -0.840. The summed E-state index contributed by atoms with van der Waals surface area (Å²) in [6.07, 6.45) is 1.42. The molecule has 1 aromatic heterocycles. The average molecular weight is 337 g/mol. The number of nitrogens with zero attached hydrogens (tertiary/aromatic N) is 1. The third kappa shape index (κ3) is 3.09. The molecule has 0 radical (unpaired) electrons. The van der Waals surface area contributed by atoms with Crippen LogP contribution < -0.4 is 4.74 Å². The van der Waals surface area contributed by atoms with Crippen molar-refractivity contribution in [3.05, 3.63) is 50.8 Å². The number of ether oxygens (including phenoxy) is 1. The predicted octanol–water partition coefficient (Wildman–Crippen LogP) is 5.08. The minimum atomic E-state index is -0.362. The van der Waals surface area contributed by atoms with Gasteiger partial charge in [-0.05, 0) is 40.2 Å². The fourth-order valence-corrected chi connectivity index (χ4v) is 1.99. The van der Waals surface area contributed by atoms with Crippen LogP contribution in [0.15, 0.2) is 34.9 Å². The molecule has 0 atom stereocenters. The number of pyridine rings is 1. The summed E-state index contributed by atoms with van der Waals surface area (Å²) in [5.74, 6) is 0.269. The molecule has 2 rings (SSSR count). The molecule has 1 heterocycles. The van der Waals surface area contributed by atoms with Crippen LogP contribution in [0.3, 0.4) is 0 Å². The first kappa shape index (κ1) is 12.6. The maximum atomic E-state index is 12.9. The third-order valence-corrected chi connectivity index (χ3v) is 2.97. The molecule has 2 aromatic rings. The average Bonchev–Trinajstić information content (AvgIpc) is 2.25. The number of rotatable bonds is 2. The zero-order valence-electron chi connectivity index (χ0n) is 8.25. The van der Waals surface area contributed by atoms with E-state index in [2.05, 4.69) is 20.9 Å². The first-order chi connectivity index (χ1) is 8.06. The molecule has 0 spiro atoms. The van der Waals surface area contributed by atoms with E-state index >= 15 is 0 Å². The van der Waals surface area contributed by atoms with Gasteiger partial charge in [-0.15, -0.1) is 0 Å². The molecule has 0 saturated heterocycles. The third-order valence-electron chi connectivity index (χ3n) is 1.87. The normalized spacial score (nSPS) is 10.4. The van der Waals surface area contributed by atoms with E-state index in [1.54, 1.807) is 0 Å². The fourth-order valence-electron chi connectivity index (χ4n) is 1.14. The molecule has 0 amide bonds. The molecular formula is C11H5BrCl2FNO. The Morgan fingerprint density at radius 1 is 1.24 bits per heavy atom. The van der Waals surface area contributed by atoms with E-state index in [1.165, 1.54) is 30.5 Å². The minimum absolute atomic E-state index is 0.211. The number of hydrogen-bond donors (Lipinski definition) is 0. The summed E-state index contributed by atoms with van der Waals surface area (Å²) in [4.78, 5) is 3.94. The summed E-state index contributed by atoms with van der Waals surface area (Å²) in [5, 5.41) is 0.703. The van der Waals surface area contributed by atoms with Crippen molar-refractivity contribution in [3.63, 3.8) is 0 Å². The molecule has 0 saturated carbocycles. The van der Waals surface area contributed by atoms with Gasteiger partial charge in [0.1, 0.15) is 16.6 Å². The number of halogens is 4. The van der Waals surface area contributed by atoms with Gasteiger partial charge in [0.25, 0.3) is 0 Å². The van der Waals surface area contributed by atoms with Crippen LogP contribution in [-0.4, -0.2) is 4.98 Å². The van der Waals surface area contributed by atoms with Crippen molar-refractivity contribution < 1.29 is 9.13 Å². The number of aromatic nitrogens is 1. The SMILES string of the molecule is Fc1ccc(Oc2ncc(Cl)cc2Cl)c(Br)c1. The first-order valence-corrected chi connectivity index (χ1v) is 6.05. The van der Waals surface area contributed by atoms with Crippen molar-refractivity contribution in [2.45, 2.75) is 0 Å². The van der Waals surface area contributed by atoms with Crippen LogP contribution in [0.2, 0.25) is 10.0 Å². The Bertz CT molecular complexity index is 516. The highest BCUT2D eigenvalue weighted by molar-refractivity contribution is 9.10. The Morgan fingerprint density at radius 2 is 2.00 bits per heavy atom. The highest BCUT2D eigenvalue weighted by Crippen LogP contribution is 2.33. The lowest BCUT2D eigenvalue weighted by molar-refractivity contribution is 0.458. The van der Waals surface area contributed by atoms with Crippen molar-refractivity contribution >= 4 is 39.1 Å². The van der Waals surface area contributed by atoms with E-state index in [4.69, 9.17) is 27.9 Å². The molecule has 0 aliphatic rings. The van der Waals surface area contributed by atoms with Gasteiger partial charge in [0.2, 0.25) is 5.88 Å². The molecule has 17 heavy (non-hydrogen) atoms. The maximum Gasteiger partial charge on any atom is 0.238 e. The first-order valence-electron chi connectivity index (χ1n) is 4.50. The van der Waals surface area contributed by atoms with Crippen LogP contribution in [0.25, 0.3) is 0 Å². The van der Waals surface area contributed by atoms with Crippen molar-refractivity contribution in [1.29, 1.82) is 0 Å². The summed E-state index contributed by atoms with van der Waals surface area (Å²) in [6.45, 7) is 0. The molecule has 88 valence electrons. The standard InChI is InChI=1S/C11H5BrCl2FNO/c12-8-4-7(15)1-2-10(8)17-11-9(14)3-6(13)5-16-11/h1-5H. The monoisotopic (exact) mass is 335 g/mol. The van der Waals surface area contributed by atoms with Crippen LogP contribution in [0.1, 0.15) is 0 Å². The smallest absolute Gasteiger partial charge is 0.238 e. The van der Waals surface area contributed by atoms with Crippen molar-refractivity contribution in [2.24, 2.45) is 0 Å². The van der Waals surface area contributed by atoms with Gasteiger partial charge in [-0.3, -0.25) is 0 Å². The fraction of sp³-hybridized carbons (Fsp3) is 0. The Kier molecular flexibility index (Phi) is 3.86. The van der Waals surface area contributed by atoms with Gasteiger partial charge in [-0.25, -0.2) is 9.37 Å². The van der Waals surface area contributed by atoms with E-state index in [9.17, 15) is 4.39 Å². The Morgan fingerprint density at radius 3 is 2.65 bits per heavy atom. The largest absolute Gasteiger partial charge is 0.436 e. The Labute approximate surface area is 115 Å². The molecule has 0 aliphatic heterocycles. The van der Waals surface area contributed by atoms with Gasteiger partial charge in [-0.2, -0.15) is 0 Å². The molecule has 0 unspecified atom stereocenters. The number of hydrogen-bond acceptors (Lipinski definition) is 2. The molecule has 0 fully saturated rings. The van der Waals surface area contributed by atoms with Crippen LogP contribution in [0.5, 0.6) is 11.6 Å². The quantitative estimate of drug-likeness (QED) is 0.762. The highest BCUT2D eigenvalue weighted by Gasteiger charge is 2.08. The van der Waals surface area contributed by atoms with E-state index in [0.717, 1.165) is 0 Å². The van der Waals surface area contributed by atoms with E-state index < -0.39 is 0 Å². The molecule has 0 bridgehead atoms. The van der Waals surface area contributed by atoms with Crippen molar-refractivity contribution in [2.75, 3.05) is 0 Å². The second-order valence-electron chi connectivity index (χ2n) is 3.12. The van der Waals surface area contributed by atoms with Gasteiger partial charge < -0.3 is 4.74 Å². The molecule has 2 nitrogen and oxygen atoms in total. The second-order valence-corrected chi connectivity index (χ2v) is 4.82. The summed E-state index contributed by atoms with van der Waals surface area (Å²) < 4.78 is 18.8. The highest BCUT2D eigenvalue weighted by atomic mass is 79.9. The lowest BCUT2D eigenvalue weighted by Gasteiger charge is -2.08. The van der Waals surface area contributed by atoms with Crippen molar-refractivity contribution in [1.82, 2.24) is 4.98 Å². The molecule has 0 aliphatic carbocycles. The molecule has 0 N–H and O–H groups in total. The van der Waals surface area contributed by atoms with Crippen LogP contribution in [-0.2, 0) is 0 Å². The molecule has 6 heteroatoms. The van der Waals surface area contributed by atoms with Gasteiger partial charge >= 0.3 is 0 Å². The van der Waals surface area contributed by atoms with Gasteiger partial charge in [-0.1, -0.05) is 23.2 Å². The Balaban J connectivity index is 2.31. The lowest BCUT2D eigenvalue weighted by Crippen LogP contribution is -1.90. The molecule has 1 aromatic carbocycles. The second kappa shape index (κ2) is 5.21. The number of benzene rings is 1. The predicted molar refractivity (Wildman–Crippen MR) is 68.4 cm³/mol. The van der Waals surface area contributed by atoms with Crippen LogP contribution in [0.4, 0.5) is 4.39 Å². The minimum Gasteiger partial charge on any atom is -0.436 e. The zero-order valence-corrected chi connectivity index (χ0v) is 11.4. The van der Waals surface area contributed by atoms with Gasteiger partial charge in [0.05, 0.1) is 9.50 Å². The van der Waals surface area contributed by atoms with E-state index in [1.807, 2.05) is 0 Å². The van der Waals surface area contributed by atoms with Crippen LogP contribution >= 0.6 is 39.1 Å². The molecular weight excluding hydrogens is 332 g/mol. The summed E-state index contributed by atoms with van der Waals surface area (Å²) in [6, 6.07) is 5.57.